The lowest BCUT2D eigenvalue weighted by atomic mass is 10.3. The normalized spacial score (nSPS) is 11.4. The van der Waals surface area contributed by atoms with E-state index in [0.29, 0.717) is 5.82 Å². The molecule has 7 heteroatoms. The molecule has 0 saturated heterocycles. The fourth-order valence-electron chi connectivity index (χ4n) is 1.46. The first-order valence-corrected chi connectivity index (χ1v) is 6.80. The van der Waals surface area contributed by atoms with E-state index >= 15 is 0 Å². The number of hydrogen-bond acceptors (Lipinski definition) is 4. The highest BCUT2D eigenvalue weighted by atomic mass is 32.2. The molecule has 6 nitrogen and oxygen atoms in total. The standard InChI is InChI=1S/C11H14N4O2S/c1-12-18(16,17)10-5-3-9(4-6-10)13-11-7-8-15(2)14-11/h3-8,12H,1-2H3,(H,13,14). The molecule has 0 amide bonds. The number of nitrogens with one attached hydrogen (secondary N) is 2. The maximum Gasteiger partial charge on any atom is 0.240 e. The van der Waals surface area contributed by atoms with Gasteiger partial charge in [0.05, 0.1) is 4.90 Å². The Morgan fingerprint density at radius 3 is 2.33 bits per heavy atom. The molecular formula is C11H14N4O2S. The van der Waals surface area contributed by atoms with Crippen LogP contribution in [0.1, 0.15) is 0 Å². The van der Waals surface area contributed by atoms with Gasteiger partial charge in [-0.3, -0.25) is 4.68 Å². The third-order valence-corrected chi connectivity index (χ3v) is 3.85. The van der Waals surface area contributed by atoms with Crippen molar-refractivity contribution in [2.75, 3.05) is 12.4 Å². The van der Waals surface area contributed by atoms with Crippen LogP contribution in [0.2, 0.25) is 0 Å². The van der Waals surface area contributed by atoms with Gasteiger partial charge in [0.2, 0.25) is 10.0 Å². The molecule has 2 aromatic rings. The van der Waals surface area contributed by atoms with Gasteiger partial charge in [-0.1, -0.05) is 0 Å². The van der Waals surface area contributed by atoms with Gasteiger partial charge in [-0.25, -0.2) is 13.1 Å². The molecule has 0 aliphatic heterocycles. The van der Waals surface area contributed by atoms with E-state index in [-0.39, 0.29) is 4.90 Å². The number of rotatable bonds is 4. The second kappa shape index (κ2) is 4.79. The first-order valence-electron chi connectivity index (χ1n) is 5.31. The minimum atomic E-state index is -3.38. The maximum atomic E-state index is 11.5. The summed E-state index contributed by atoms with van der Waals surface area (Å²) in [5, 5.41) is 7.24. The molecule has 0 radical (unpaired) electrons. The van der Waals surface area contributed by atoms with Crippen molar-refractivity contribution in [1.29, 1.82) is 0 Å². The Hall–Kier alpha value is -1.86. The second-order valence-corrected chi connectivity index (χ2v) is 5.62. The van der Waals surface area contributed by atoms with Gasteiger partial charge in [0.1, 0.15) is 0 Å². The van der Waals surface area contributed by atoms with Crippen molar-refractivity contribution in [1.82, 2.24) is 14.5 Å². The molecule has 18 heavy (non-hydrogen) atoms. The van der Waals surface area contributed by atoms with Crippen LogP contribution in [0.5, 0.6) is 0 Å². The zero-order valence-corrected chi connectivity index (χ0v) is 10.9. The highest BCUT2D eigenvalue weighted by Crippen LogP contribution is 2.17. The summed E-state index contributed by atoms with van der Waals surface area (Å²) in [7, 11) is -0.170. The molecule has 0 spiro atoms. The van der Waals surface area contributed by atoms with Gasteiger partial charge in [-0.2, -0.15) is 5.10 Å². The van der Waals surface area contributed by atoms with Crippen molar-refractivity contribution in [3.05, 3.63) is 36.5 Å². The van der Waals surface area contributed by atoms with Gasteiger partial charge in [-0.05, 0) is 31.3 Å². The number of benzene rings is 1. The van der Waals surface area contributed by atoms with Crippen molar-refractivity contribution in [2.45, 2.75) is 4.90 Å². The van der Waals surface area contributed by atoms with Gasteiger partial charge in [0.25, 0.3) is 0 Å². The van der Waals surface area contributed by atoms with Crippen LogP contribution in [-0.4, -0.2) is 25.2 Å². The third kappa shape index (κ3) is 2.69. The molecular weight excluding hydrogens is 252 g/mol. The molecule has 0 unspecified atom stereocenters. The first-order chi connectivity index (χ1) is 8.51. The van der Waals surface area contributed by atoms with Crippen molar-refractivity contribution in [3.8, 4) is 0 Å². The second-order valence-electron chi connectivity index (χ2n) is 3.73. The largest absolute Gasteiger partial charge is 0.339 e. The van der Waals surface area contributed by atoms with Crippen LogP contribution in [0.25, 0.3) is 0 Å². The predicted octanol–water partition coefficient (Wildman–Crippen LogP) is 1.07. The van der Waals surface area contributed by atoms with E-state index in [1.165, 1.54) is 19.2 Å². The monoisotopic (exact) mass is 266 g/mol. The van der Waals surface area contributed by atoms with Gasteiger partial charge in [0, 0.05) is 25.0 Å². The molecule has 0 atom stereocenters. The molecule has 2 N–H and O–H groups in total. The summed E-state index contributed by atoms with van der Waals surface area (Å²) >= 11 is 0. The summed E-state index contributed by atoms with van der Waals surface area (Å²) in [4.78, 5) is 0.233. The van der Waals surface area contributed by atoms with Crippen LogP contribution >= 0.6 is 0 Å². The Labute approximate surface area is 106 Å². The van der Waals surface area contributed by atoms with Crippen molar-refractivity contribution in [2.24, 2.45) is 7.05 Å². The quantitative estimate of drug-likeness (QED) is 0.868. The van der Waals surface area contributed by atoms with Crippen LogP contribution in [0.4, 0.5) is 11.5 Å². The van der Waals surface area contributed by atoms with E-state index in [1.807, 2.05) is 19.3 Å². The average Bonchev–Trinajstić information content (AvgIpc) is 2.75. The summed E-state index contributed by atoms with van der Waals surface area (Å²) in [6.07, 6.45) is 1.82. The number of aromatic nitrogens is 2. The van der Waals surface area contributed by atoms with Crippen molar-refractivity contribution in [3.63, 3.8) is 0 Å². The van der Waals surface area contributed by atoms with E-state index in [9.17, 15) is 8.42 Å². The number of nitrogens with zero attached hydrogens (tertiary/aromatic N) is 2. The average molecular weight is 266 g/mol. The SMILES string of the molecule is CNS(=O)(=O)c1ccc(Nc2ccn(C)n2)cc1. The number of anilines is 2. The van der Waals surface area contributed by atoms with Crippen molar-refractivity contribution >= 4 is 21.5 Å². The molecule has 0 fully saturated rings. The van der Waals surface area contributed by atoms with E-state index in [2.05, 4.69) is 15.1 Å². The van der Waals surface area contributed by atoms with Crippen LogP contribution in [-0.2, 0) is 17.1 Å². The van der Waals surface area contributed by atoms with E-state index in [0.717, 1.165) is 5.69 Å². The number of hydrogen-bond donors (Lipinski definition) is 2. The van der Waals surface area contributed by atoms with E-state index < -0.39 is 10.0 Å². The molecule has 1 aromatic heterocycles. The predicted molar refractivity (Wildman–Crippen MR) is 69.2 cm³/mol. The fraction of sp³-hybridized carbons (Fsp3) is 0.182. The lowest BCUT2D eigenvalue weighted by molar-refractivity contribution is 0.588. The summed E-state index contributed by atoms with van der Waals surface area (Å²) in [6, 6.07) is 8.30. The van der Waals surface area contributed by atoms with Gasteiger partial charge < -0.3 is 5.32 Å². The molecule has 0 bridgehead atoms. The summed E-state index contributed by atoms with van der Waals surface area (Å²) < 4.78 is 27.0. The number of sulfonamides is 1. The molecule has 0 aliphatic carbocycles. The van der Waals surface area contributed by atoms with Gasteiger partial charge >= 0.3 is 0 Å². The van der Waals surface area contributed by atoms with E-state index in [1.54, 1.807) is 16.8 Å². The summed E-state index contributed by atoms with van der Waals surface area (Å²) in [6.45, 7) is 0. The van der Waals surface area contributed by atoms with E-state index in [4.69, 9.17) is 0 Å². The number of aryl methyl sites for hydroxylation is 1. The van der Waals surface area contributed by atoms with Gasteiger partial charge in [-0.15, -0.1) is 0 Å². The lowest BCUT2D eigenvalue weighted by Crippen LogP contribution is -2.18. The van der Waals surface area contributed by atoms with Crippen molar-refractivity contribution < 1.29 is 8.42 Å². The summed E-state index contributed by atoms with van der Waals surface area (Å²) in [5.74, 6) is 0.710. The molecule has 0 saturated carbocycles. The molecule has 1 heterocycles. The zero-order valence-electron chi connectivity index (χ0n) is 10.1. The Balaban J connectivity index is 2.18. The van der Waals surface area contributed by atoms with Crippen LogP contribution < -0.4 is 10.0 Å². The minimum absolute atomic E-state index is 0.233. The summed E-state index contributed by atoms with van der Waals surface area (Å²) in [5.41, 5.74) is 0.781. The minimum Gasteiger partial charge on any atom is -0.339 e. The highest BCUT2D eigenvalue weighted by Gasteiger charge is 2.10. The first kappa shape index (κ1) is 12.6. The Morgan fingerprint density at radius 2 is 1.83 bits per heavy atom. The lowest BCUT2D eigenvalue weighted by Gasteiger charge is -2.05. The Kier molecular flexibility index (Phi) is 3.35. The van der Waals surface area contributed by atoms with Crippen LogP contribution in [0, 0.1) is 0 Å². The Bertz CT molecular complexity index is 631. The third-order valence-electron chi connectivity index (χ3n) is 2.42. The van der Waals surface area contributed by atoms with Gasteiger partial charge in [0.15, 0.2) is 5.82 Å². The molecule has 2 rings (SSSR count). The smallest absolute Gasteiger partial charge is 0.240 e. The molecule has 1 aromatic carbocycles. The Morgan fingerprint density at radius 1 is 1.17 bits per heavy atom. The fourth-order valence-corrected chi connectivity index (χ4v) is 2.19. The zero-order chi connectivity index (χ0) is 13.2. The highest BCUT2D eigenvalue weighted by molar-refractivity contribution is 7.89. The molecule has 96 valence electrons. The van der Waals surface area contributed by atoms with Crippen LogP contribution in [0.3, 0.4) is 0 Å². The molecule has 0 aliphatic rings. The topological polar surface area (TPSA) is 76.0 Å². The maximum absolute atomic E-state index is 11.5. The van der Waals surface area contributed by atoms with Crippen LogP contribution in [0.15, 0.2) is 41.4 Å².